The Balaban J connectivity index is 2.51. The van der Waals surface area contributed by atoms with Crippen LogP contribution in [0, 0.1) is 6.92 Å². The quantitative estimate of drug-likeness (QED) is 0.549. The van der Waals surface area contributed by atoms with Crippen molar-refractivity contribution in [2.45, 2.75) is 19.8 Å². The molecule has 0 spiro atoms. The zero-order valence-electron chi connectivity index (χ0n) is 6.42. The fraction of sp³-hybridized carbons (Fsp3) is 0.333. The van der Waals surface area contributed by atoms with Crippen molar-refractivity contribution in [1.82, 2.24) is 4.98 Å². The van der Waals surface area contributed by atoms with Gasteiger partial charge in [-0.15, -0.1) is 0 Å². The van der Waals surface area contributed by atoms with Crippen LogP contribution in [0.25, 0.3) is 0 Å². The van der Waals surface area contributed by atoms with Gasteiger partial charge in [0.1, 0.15) is 5.78 Å². The van der Waals surface area contributed by atoms with Gasteiger partial charge in [0.25, 0.3) is 0 Å². The molecule has 0 N–H and O–H groups in total. The number of fused-ring (bicyclic) bond motifs is 1. The Bertz CT molecular complexity index is 317. The normalized spacial score (nSPS) is 15.2. The molecule has 0 unspecified atom stereocenters. The highest BCUT2D eigenvalue weighted by atomic mass is 16.1. The number of hydrogen-bond donors (Lipinski definition) is 0. The predicted molar refractivity (Wildman–Crippen MR) is 41.4 cm³/mol. The summed E-state index contributed by atoms with van der Waals surface area (Å²) in [7, 11) is 0. The maximum absolute atomic E-state index is 11.0. The van der Waals surface area contributed by atoms with Gasteiger partial charge >= 0.3 is 0 Å². The largest absolute Gasteiger partial charge is 0.299 e. The molecule has 0 bridgehead atoms. The average molecular weight is 147 g/mol. The molecule has 0 saturated heterocycles. The highest BCUT2D eigenvalue weighted by Gasteiger charge is 2.18. The summed E-state index contributed by atoms with van der Waals surface area (Å²) in [4.78, 5) is 15.2. The third kappa shape index (κ3) is 1.04. The second-order valence-corrected chi connectivity index (χ2v) is 3.01. The fourth-order valence-electron chi connectivity index (χ4n) is 1.43. The molecule has 1 heterocycles. The van der Waals surface area contributed by atoms with Gasteiger partial charge in [0.05, 0.1) is 5.69 Å². The van der Waals surface area contributed by atoms with Crippen LogP contribution in [0.15, 0.2) is 12.3 Å². The second kappa shape index (κ2) is 2.16. The van der Waals surface area contributed by atoms with E-state index in [-0.39, 0.29) is 5.78 Å². The van der Waals surface area contributed by atoms with Gasteiger partial charge in [0.2, 0.25) is 0 Å². The number of aryl methyl sites for hydroxylation is 1. The van der Waals surface area contributed by atoms with Crippen LogP contribution in [0.5, 0.6) is 0 Å². The number of ketones is 1. The van der Waals surface area contributed by atoms with Gasteiger partial charge < -0.3 is 0 Å². The molecule has 1 aliphatic carbocycles. The summed E-state index contributed by atoms with van der Waals surface area (Å²) in [5.74, 6) is 0.290. The van der Waals surface area contributed by atoms with Gasteiger partial charge in [-0.1, -0.05) is 6.07 Å². The highest BCUT2D eigenvalue weighted by Crippen LogP contribution is 2.17. The SMILES string of the molecule is Cc1cnc2c(c1)CC(=O)C2. The molecule has 0 radical (unpaired) electrons. The van der Waals surface area contributed by atoms with Crippen molar-refractivity contribution in [3.05, 3.63) is 29.1 Å². The van der Waals surface area contributed by atoms with Crippen LogP contribution in [-0.4, -0.2) is 10.8 Å². The first kappa shape index (κ1) is 6.53. The average Bonchev–Trinajstić information content (AvgIpc) is 2.27. The van der Waals surface area contributed by atoms with Gasteiger partial charge in [-0.2, -0.15) is 0 Å². The molecule has 1 aromatic heterocycles. The van der Waals surface area contributed by atoms with Crippen LogP contribution >= 0.6 is 0 Å². The van der Waals surface area contributed by atoms with E-state index < -0.39 is 0 Å². The Kier molecular flexibility index (Phi) is 1.28. The van der Waals surface area contributed by atoms with Gasteiger partial charge in [0, 0.05) is 19.0 Å². The number of carbonyl (C=O) groups is 1. The fourth-order valence-corrected chi connectivity index (χ4v) is 1.43. The monoisotopic (exact) mass is 147 g/mol. The summed E-state index contributed by atoms with van der Waals surface area (Å²) in [5.41, 5.74) is 3.23. The van der Waals surface area contributed by atoms with Crippen molar-refractivity contribution >= 4 is 5.78 Å². The summed E-state index contributed by atoms with van der Waals surface area (Å²) >= 11 is 0. The molecule has 1 aliphatic rings. The number of Topliss-reactive ketones (excluding diaryl/α,β-unsaturated/α-hetero) is 1. The van der Waals surface area contributed by atoms with E-state index in [4.69, 9.17) is 0 Å². The van der Waals surface area contributed by atoms with Crippen LogP contribution in [0.3, 0.4) is 0 Å². The molecule has 2 rings (SSSR count). The maximum atomic E-state index is 11.0. The van der Waals surface area contributed by atoms with E-state index in [0.717, 1.165) is 16.8 Å². The van der Waals surface area contributed by atoms with E-state index >= 15 is 0 Å². The number of hydrogen-bond acceptors (Lipinski definition) is 2. The lowest BCUT2D eigenvalue weighted by molar-refractivity contribution is -0.117. The topological polar surface area (TPSA) is 30.0 Å². The molecule has 0 saturated carbocycles. The molecule has 11 heavy (non-hydrogen) atoms. The van der Waals surface area contributed by atoms with E-state index in [0.29, 0.717) is 12.8 Å². The smallest absolute Gasteiger partial charge is 0.143 e. The van der Waals surface area contributed by atoms with E-state index in [9.17, 15) is 4.79 Å². The molecule has 1 aromatic rings. The van der Waals surface area contributed by atoms with Crippen molar-refractivity contribution < 1.29 is 4.79 Å². The van der Waals surface area contributed by atoms with Gasteiger partial charge in [0.15, 0.2) is 0 Å². The second-order valence-electron chi connectivity index (χ2n) is 3.01. The first-order chi connectivity index (χ1) is 5.25. The van der Waals surface area contributed by atoms with Crippen molar-refractivity contribution in [2.24, 2.45) is 0 Å². The molecule has 2 nitrogen and oxygen atoms in total. The zero-order valence-corrected chi connectivity index (χ0v) is 6.42. The molecule has 0 aromatic carbocycles. The number of aromatic nitrogens is 1. The van der Waals surface area contributed by atoms with E-state index in [1.807, 2.05) is 19.2 Å². The zero-order chi connectivity index (χ0) is 7.84. The van der Waals surface area contributed by atoms with E-state index in [1.165, 1.54) is 0 Å². The lowest BCUT2D eigenvalue weighted by Crippen LogP contribution is -1.93. The lowest BCUT2D eigenvalue weighted by atomic mass is 10.2. The van der Waals surface area contributed by atoms with Crippen LogP contribution in [-0.2, 0) is 17.6 Å². The van der Waals surface area contributed by atoms with Crippen molar-refractivity contribution in [3.8, 4) is 0 Å². The Morgan fingerprint density at radius 2 is 2.27 bits per heavy atom. The summed E-state index contributed by atoms with van der Waals surface area (Å²) < 4.78 is 0. The third-order valence-corrected chi connectivity index (χ3v) is 1.95. The molecule has 0 fully saturated rings. The van der Waals surface area contributed by atoms with E-state index in [2.05, 4.69) is 4.98 Å². The molecule has 56 valence electrons. The minimum Gasteiger partial charge on any atom is -0.299 e. The maximum Gasteiger partial charge on any atom is 0.143 e. The Labute approximate surface area is 65.3 Å². The molecule has 2 heteroatoms. The standard InChI is InChI=1S/C9H9NO/c1-6-2-7-3-8(11)4-9(7)10-5-6/h2,5H,3-4H2,1H3. The Morgan fingerprint density at radius 1 is 1.45 bits per heavy atom. The van der Waals surface area contributed by atoms with Crippen LogP contribution in [0.2, 0.25) is 0 Å². The first-order valence-electron chi connectivity index (χ1n) is 3.72. The van der Waals surface area contributed by atoms with Crippen molar-refractivity contribution in [1.29, 1.82) is 0 Å². The highest BCUT2D eigenvalue weighted by molar-refractivity contribution is 5.87. The molecular formula is C9H9NO. The summed E-state index contributed by atoms with van der Waals surface area (Å²) in [5, 5.41) is 0. The lowest BCUT2D eigenvalue weighted by Gasteiger charge is -1.96. The van der Waals surface area contributed by atoms with Gasteiger partial charge in [-0.3, -0.25) is 9.78 Å². The summed E-state index contributed by atoms with van der Waals surface area (Å²) in [6.07, 6.45) is 2.94. The van der Waals surface area contributed by atoms with Gasteiger partial charge in [-0.05, 0) is 18.1 Å². The number of carbonyl (C=O) groups excluding carboxylic acids is 1. The van der Waals surface area contributed by atoms with Crippen LogP contribution in [0.4, 0.5) is 0 Å². The first-order valence-corrected chi connectivity index (χ1v) is 3.72. The predicted octanol–water partition coefficient (Wildman–Crippen LogP) is 1.06. The molecule has 0 atom stereocenters. The summed E-state index contributed by atoms with van der Waals surface area (Å²) in [6.45, 7) is 2.00. The van der Waals surface area contributed by atoms with Crippen molar-refractivity contribution in [3.63, 3.8) is 0 Å². The minimum absolute atomic E-state index is 0.290. The minimum atomic E-state index is 0.290. The van der Waals surface area contributed by atoms with Crippen molar-refractivity contribution in [2.75, 3.05) is 0 Å². The molecular weight excluding hydrogens is 138 g/mol. The number of nitrogens with zero attached hydrogens (tertiary/aromatic N) is 1. The van der Waals surface area contributed by atoms with Crippen LogP contribution < -0.4 is 0 Å². The van der Waals surface area contributed by atoms with Crippen LogP contribution in [0.1, 0.15) is 16.8 Å². The van der Waals surface area contributed by atoms with Gasteiger partial charge in [-0.25, -0.2) is 0 Å². The molecule has 0 aliphatic heterocycles. The Hall–Kier alpha value is -1.18. The van der Waals surface area contributed by atoms with E-state index in [1.54, 1.807) is 0 Å². The summed E-state index contributed by atoms with van der Waals surface area (Å²) in [6, 6.07) is 2.05. The third-order valence-electron chi connectivity index (χ3n) is 1.95. The number of pyridine rings is 1. The number of rotatable bonds is 0. The molecule has 0 amide bonds. The Morgan fingerprint density at radius 3 is 3.09 bits per heavy atom.